The summed E-state index contributed by atoms with van der Waals surface area (Å²) in [5.74, 6) is 0.705. The average Bonchev–Trinajstić information content (AvgIpc) is 2.41. The van der Waals surface area contributed by atoms with Gasteiger partial charge in [-0.2, -0.15) is 0 Å². The second-order valence-electron chi connectivity index (χ2n) is 4.52. The summed E-state index contributed by atoms with van der Waals surface area (Å²) >= 11 is 0. The Morgan fingerprint density at radius 3 is 2.59 bits per heavy atom. The first-order chi connectivity index (χ1) is 8.45. The Morgan fingerprint density at radius 2 is 1.82 bits per heavy atom. The van der Waals surface area contributed by atoms with E-state index >= 15 is 0 Å². The second-order valence-corrected chi connectivity index (χ2v) is 4.52. The molecule has 94 valence electrons. The fraction of sp³-hybridized carbons (Fsp3) is 0.571. The molecule has 0 aromatic heterocycles. The molecule has 0 aliphatic carbocycles. The molecule has 0 bridgehead atoms. The molecule has 3 heteroatoms. The Hall–Kier alpha value is -0.900. The van der Waals surface area contributed by atoms with Crippen molar-refractivity contribution < 1.29 is 9.47 Å². The summed E-state index contributed by atoms with van der Waals surface area (Å²) in [5.41, 5.74) is 1.19. The summed E-state index contributed by atoms with van der Waals surface area (Å²) in [6, 6.07) is 10.2. The molecule has 0 amide bonds. The maximum atomic E-state index is 5.54. The molecule has 1 aliphatic rings. The minimum atomic E-state index is 0.402. The molecular formula is C14H21NO2. The maximum Gasteiger partial charge on any atom is 0.147 e. The van der Waals surface area contributed by atoms with Crippen LogP contribution in [-0.2, 0) is 16.1 Å². The fourth-order valence-corrected chi connectivity index (χ4v) is 2.06. The average molecular weight is 235 g/mol. The van der Waals surface area contributed by atoms with Gasteiger partial charge in [-0.1, -0.05) is 30.3 Å². The topological polar surface area (TPSA) is 30.5 Å². The summed E-state index contributed by atoms with van der Waals surface area (Å²) in [4.78, 5) is 0. The Kier molecular flexibility index (Phi) is 5.49. The van der Waals surface area contributed by atoms with E-state index in [0.29, 0.717) is 19.3 Å². The van der Waals surface area contributed by atoms with Gasteiger partial charge in [0.05, 0.1) is 13.2 Å². The molecule has 1 aromatic rings. The predicted molar refractivity (Wildman–Crippen MR) is 67.6 cm³/mol. The Bertz CT molecular complexity index is 296. The van der Waals surface area contributed by atoms with Crippen molar-refractivity contribution in [3.63, 3.8) is 0 Å². The van der Waals surface area contributed by atoms with Crippen molar-refractivity contribution in [1.82, 2.24) is 5.32 Å². The van der Waals surface area contributed by atoms with Gasteiger partial charge in [-0.15, -0.1) is 0 Å². The van der Waals surface area contributed by atoms with Crippen LogP contribution in [-0.4, -0.2) is 26.5 Å². The molecule has 0 saturated carbocycles. The molecular weight excluding hydrogens is 214 g/mol. The highest BCUT2D eigenvalue weighted by Crippen LogP contribution is 2.11. The third-order valence-electron chi connectivity index (χ3n) is 3.09. The molecule has 0 radical (unpaired) electrons. The number of hydrogen-bond acceptors (Lipinski definition) is 3. The van der Waals surface area contributed by atoms with Crippen LogP contribution in [0.25, 0.3) is 0 Å². The molecule has 3 nitrogen and oxygen atoms in total. The van der Waals surface area contributed by atoms with Crippen molar-refractivity contribution >= 4 is 0 Å². The van der Waals surface area contributed by atoms with Crippen LogP contribution in [0.3, 0.4) is 0 Å². The lowest BCUT2D eigenvalue weighted by Gasteiger charge is -2.22. The van der Waals surface area contributed by atoms with Crippen LogP contribution in [0.15, 0.2) is 30.3 Å². The van der Waals surface area contributed by atoms with E-state index < -0.39 is 0 Å². The van der Waals surface area contributed by atoms with E-state index in [-0.39, 0.29) is 0 Å². The zero-order chi connectivity index (χ0) is 11.8. The summed E-state index contributed by atoms with van der Waals surface area (Å²) < 4.78 is 11.0. The van der Waals surface area contributed by atoms with Gasteiger partial charge in [-0.25, -0.2) is 0 Å². The first kappa shape index (κ1) is 12.6. The summed E-state index contributed by atoms with van der Waals surface area (Å²) in [7, 11) is 0. The predicted octanol–water partition coefficient (Wildman–Crippen LogP) is 2.18. The van der Waals surface area contributed by atoms with Gasteiger partial charge in [0, 0.05) is 0 Å². The molecule has 17 heavy (non-hydrogen) atoms. The number of rotatable bonds is 6. The Balaban J connectivity index is 1.51. The molecule has 0 atom stereocenters. The lowest BCUT2D eigenvalue weighted by molar-refractivity contribution is -0.0738. The smallest absolute Gasteiger partial charge is 0.147 e. The summed E-state index contributed by atoms with van der Waals surface area (Å²) in [6.45, 7) is 4.11. The number of nitrogens with one attached hydrogen (secondary N) is 1. The van der Waals surface area contributed by atoms with Gasteiger partial charge in [0.2, 0.25) is 0 Å². The van der Waals surface area contributed by atoms with Gasteiger partial charge >= 0.3 is 0 Å². The molecule has 1 aromatic carbocycles. The SMILES string of the molecule is c1ccc(COCOCC2CCNCC2)cc1. The molecule has 0 spiro atoms. The van der Waals surface area contributed by atoms with Crippen LogP contribution in [0, 0.1) is 5.92 Å². The van der Waals surface area contributed by atoms with Gasteiger partial charge in [0.15, 0.2) is 0 Å². The number of ether oxygens (including phenoxy) is 2. The van der Waals surface area contributed by atoms with Crippen LogP contribution in [0.1, 0.15) is 18.4 Å². The molecule has 0 unspecified atom stereocenters. The van der Waals surface area contributed by atoms with Crippen molar-refractivity contribution in [2.24, 2.45) is 5.92 Å². The number of piperidine rings is 1. The van der Waals surface area contributed by atoms with E-state index in [9.17, 15) is 0 Å². The monoisotopic (exact) mass is 235 g/mol. The molecule has 1 heterocycles. The maximum absolute atomic E-state index is 5.54. The highest BCUT2D eigenvalue weighted by atomic mass is 16.7. The minimum absolute atomic E-state index is 0.402. The normalized spacial score (nSPS) is 17.2. The molecule has 1 N–H and O–H groups in total. The van der Waals surface area contributed by atoms with Crippen molar-refractivity contribution in [1.29, 1.82) is 0 Å². The van der Waals surface area contributed by atoms with Crippen molar-refractivity contribution in [2.45, 2.75) is 19.4 Å². The highest BCUT2D eigenvalue weighted by molar-refractivity contribution is 5.13. The fourth-order valence-electron chi connectivity index (χ4n) is 2.06. The summed E-state index contributed by atoms with van der Waals surface area (Å²) in [5, 5.41) is 3.35. The van der Waals surface area contributed by atoms with Crippen molar-refractivity contribution in [2.75, 3.05) is 26.5 Å². The molecule has 1 fully saturated rings. The summed E-state index contributed by atoms with van der Waals surface area (Å²) in [6.07, 6.45) is 2.44. The van der Waals surface area contributed by atoms with Crippen molar-refractivity contribution in [3.8, 4) is 0 Å². The lowest BCUT2D eigenvalue weighted by atomic mass is 9.99. The van der Waals surface area contributed by atoms with Crippen LogP contribution in [0.2, 0.25) is 0 Å². The molecule has 2 rings (SSSR count). The van der Waals surface area contributed by atoms with Crippen LogP contribution < -0.4 is 5.32 Å². The zero-order valence-electron chi connectivity index (χ0n) is 10.2. The third kappa shape index (κ3) is 4.86. The van der Waals surface area contributed by atoms with Gasteiger partial charge in [-0.05, 0) is 37.4 Å². The van der Waals surface area contributed by atoms with Gasteiger partial charge in [-0.3, -0.25) is 0 Å². The molecule has 1 saturated heterocycles. The van der Waals surface area contributed by atoms with E-state index in [0.717, 1.165) is 19.7 Å². The third-order valence-corrected chi connectivity index (χ3v) is 3.09. The van der Waals surface area contributed by atoms with E-state index in [4.69, 9.17) is 9.47 Å². The molecule has 1 aliphatic heterocycles. The Morgan fingerprint density at radius 1 is 1.06 bits per heavy atom. The minimum Gasteiger partial charge on any atom is -0.355 e. The van der Waals surface area contributed by atoms with E-state index in [1.807, 2.05) is 18.2 Å². The second kappa shape index (κ2) is 7.43. The van der Waals surface area contributed by atoms with Gasteiger partial charge < -0.3 is 14.8 Å². The van der Waals surface area contributed by atoms with Gasteiger partial charge in [0.25, 0.3) is 0 Å². The first-order valence-electron chi connectivity index (χ1n) is 6.35. The number of benzene rings is 1. The zero-order valence-corrected chi connectivity index (χ0v) is 10.2. The van der Waals surface area contributed by atoms with E-state index in [2.05, 4.69) is 17.4 Å². The Labute approximate surface area is 103 Å². The van der Waals surface area contributed by atoms with E-state index in [1.54, 1.807) is 0 Å². The van der Waals surface area contributed by atoms with Crippen LogP contribution >= 0.6 is 0 Å². The van der Waals surface area contributed by atoms with E-state index in [1.165, 1.54) is 18.4 Å². The lowest BCUT2D eigenvalue weighted by Crippen LogP contribution is -2.30. The number of hydrogen-bond donors (Lipinski definition) is 1. The first-order valence-corrected chi connectivity index (χ1v) is 6.35. The van der Waals surface area contributed by atoms with Crippen LogP contribution in [0.4, 0.5) is 0 Å². The highest BCUT2D eigenvalue weighted by Gasteiger charge is 2.12. The van der Waals surface area contributed by atoms with Crippen LogP contribution in [0.5, 0.6) is 0 Å². The largest absolute Gasteiger partial charge is 0.355 e. The van der Waals surface area contributed by atoms with Gasteiger partial charge in [0.1, 0.15) is 6.79 Å². The standard InChI is InChI=1S/C14H21NO2/c1-2-4-13(5-3-1)10-16-12-17-11-14-6-8-15-9-7-14/h1-5,14-15H,6-12H2. The van der Waals surface area contributed by atoms with Crippen molar-refractivity contribution in [3.05, 3.63) is 35.9 Å². The quantitative estimate of drug-likeness (QED) is 0.605.